The van der Waals surface area contributed by atoms with Gasteiger partial charge in [0.2, 0.25) is 5.91 Å². The first-order chi connectivity index (χ1) is 13.0. The Balaban J connectivity index is 1.43. The molecule has 4 fully saturated rings. The lowest BCUT2D eigenvalue weighted by molar-refractivity contribution is -0.137. The van der Waals surface area contributed by atoms with Gasteiger partial charge in [-0.25, -0.2) is 8.42 Å². The molecule has 1 aliphatic heterocycles. The first-order valence-corrected chi connectivity index (χ1v) is 13.1. The molecule has 3 saturated carbocycles. The molecule has 0 aromatic rings. The minimum absolute atomic E-state index is 0.0821. The van der Waals surface area contributed by atoms with Crippen LogP contribution in [0.15, 0.2) is 0 Å². The van der Waals surface area contributed by atoms with E-state index in [0.717, 1.165) is 25.3 Å². The van der Waals surface area contributed by atoms with Crippen molar-refractivity contribution in [2.75, 3.05) is 24.6 Å². The van der Waals surface area contributed by atoms with Gasteiger partial charge in [-0.2, -0.15) is 0 Å². The van der Waals surface area contributed by atoms with E-state index in [-0.39, 0.29) is 29.5 Å². The second kappa shape index (κ2) is 8.40. The van der Waals surface area contributed by atoms with Gasteiger partial charge in [-0.1, -0.05) is 32.1 Å². The molecule has 4 rings (SSSR count). The lowest BCUT2D eigenvalue weighted by Crippen LogP contribution is -2.51. The lowest BCUT2D eigenvalue weighted by Gasteiger charge is -2.37. The van der Waals surface area contributed by atoms with E-state index in [2.05, 4.69) is 4.90 Å². The van der Waals surface area contributed by atoms with Crippen LogP contribution in [0, 0.1) is 5.92 Å². The third kappa shape index (κ3) is 5.06. The van der Waals surface area contributed by atoms with Crippen molar-refractivity contribution in [1.29, 1.82) is 0 Å². The molecule has 1 unspecified atom stereocenters. The Morgan fingerprint density at radius 1 is 0.778 bits per heavy atom. The van der Waals surface area contributed by atoms with E-state index in [1.54, 1.807) is 0 Å². The third-order valence-corrected chi connectivity index (χ3v) is 8.98. The SMILES string of the molecule is O=C(CN(CC1CCCCC1)C1CC1)N(C1CCCC1)C1CCS(=O)(=O)C1. The normalized spacial score (nSPS) is 29.4. The first-order valence-electron chi connectivity index (χ1n) is 11.3. The van der Waals surface area contributed by atoms with E-state index in [1.807, 2.05) is 4.90 Å². The molecule has 27 heavy (non-hydrogen) atoms. The van der Waals surface area contributed by atoms with Crippen molar-refractivity contribution in [3.8, 4) is 0 Å². The van der Waals surface area contributed by atoms with Crippen molar-refractivity contribution >= 4 is 15.7 Å². The zero-order valence-electron chi connectivity index (χ0n) is 16.7. The highest BCUT2D eigenvalue weighted by Crippen LogP contribution is 2.33. The van der Waals surface area contributed by atoms with Crippen LogP contribution in [-0.4, -0.2) is 66.8 Å². The molecule has 5 nitrogen and oxygen atoms in total. The van der Waals surface area contributed by atoms with Crippen molar-refractivity contribution < 1.29 is 13.2 Å². The van der Waals surface area contributed by atoms with E-state index < -0.39 is 9.84 Å². The summed E-state index contributed by atoms with van der Waals surface area (Å²) < 4.78 is 24.1. The van der Waals surface area contributed by atoms with Crippen LogP contribution in [0.1, 0.15) is 77.0 Å². The molecule has 4 aliphatic rings. The molecule has 1 saturated heterocycles. The Kier molecular flexibility index (Phi) is 6.12. The minimum atomic E-state index is -2.97. The zero-order valence-corrected chi connectivity index (χ0v) is 17.5. The quantitative estimate of drug-likeness (QED) is 0.664. The summed E-state index contributed by atoms with van der Waals surface area (Å²) in [6.07, 6.45) is 14.2. The third-order valence-electron chi connectivity index (χ3n) is 7.23. The van der Waals surface area contributed by atoms with Crippen LogP contribution in [0.3, 0.4) is 0 Å². The highest BCUT2D eigenvalue weighted by atomic mass is 32.2. The highest BCUT2D eigenvalue weighted by molar-refractivity contribution is 7.91. The van der Waals surface area contributed by atoms with Gasteiger partial charge in [-0.3, -0.25) is 9.69 Å². The fourth-order valence-corrected chi connectivity index (χ4v) is 7.33. The van der Waals surface area contributed by atoms with Gasteiger partial charge in [0.15, 0.2) is 9.84 Å². The van der Waals surface area contributed by atoms with Crippen molar-refractivity contribution in [2.24, 2.45) is 5.92 Å². The van der Waals surface area contributed by atoms with Crippen LogP contribution in [0.5, 0.6) is 0 Å². The molecule has 0 bridgehead atoms. The minimum Gasteiger partial charge on any atom is -0.335 e. The van der Waals surface area contributed by atoms with Gasteiger partial charge in [0.25, 0.3) is 0 Å². The number of hydrogen-bond donors (Lipinski definition) is 0. The van der Waals surface area contributed by atoms with Crippen molar-refractivity contribution in [3.63, 3.8) is 0 Å². The molecule has 0 aromatic heterocycles. The summed E-state index contributed by atoms with van der Waals surface area (Å²) in [7, 11) is -2.97. The molecule has 0 aromatic carbocycles. The van der Waals surface area contributed by atoms with Gasteiger partial charge in [0.1, 0.15) is 0 Å². The number of amides is 1. The summed E-state index contributed by atoms with van der Waals surface area (Å²) in [5.41, 5.74) is 0. The van der Waals surface area contributed by atoms with E-state index in [4.69, 9.17) is 0 Å². The first kappa shape index (κ1) is 19.7. The highest BCUT2D eigenvalue weighted by Gasteiger charge is 2.40. The molecule has 154 valence electrons. The number of hydrogen-bond acceptors (Lipinski definition) is 4. The number of nitrogens with zero attached hydrogens (tertiary/aromatic N) is 2. The summed E-state index contributed by atoms with van der Waals surface area (Å²) in [5.74, 6) is 1.38. The second-order valence-electron chi connectivity index (χ2n) is 9.46. The summed E-state index contributed by atoms with van der Waals surface area (Å²) in [5, 5.41) is 0. The second-order valence-corrected chi connectivity index (χ2v) is 11.7. The largest absolute Gasteiger partial charge is 0.335 e. The topological polar surface area (TPSA) is 57.7 Å². The smallest absolute Gasteiger partial charge is 0.237 e. The van der Waals surface area contributed by atoms with Crippen molar-refractivity contribution in [1.82, 2.24) is 9.80 Å². The van der Waals surface area contributed by atoms with Gasteiger partial charge >= 0.3 is 0 Å². The molecule has 6 heteroatoms. The van der Waals surface area contributed by atoms with Gasteiger partial charge in [0.05, 0.1) is 18.1 Å². The molecule has 0 spiro atoms. The van der Waals surface area contributed by atoms with Crippen molar-refractivity contribution in [3.05, 3.63) is 0 Å². The molecule has 0 N–H and O–H groups in total. The van der Waals surface area contributed by atoms with Gasteiger partial charge in [0, 0.05) is 24.7 Å². The standard InChI is InChI=1S/C21H36N2O3S/c24-21(15-22(18-10-11-18)14-17-6-2-1-3-7-17)23(19-8-4-5-9-19)20-12-13-27(25,26)16-20/h17-20H,1-16H2. The number of rotatable bonds is 7. The van der Waals surface area contributed by atoms with Crippen LogP contribution < -0.4 is 0 Å². The fraction of sp³-hybridized carbons (Fsp3) is 0.952. The molecule has 3 aliphatic carbocycles. The molecular formula is C21H36N2O3S. The zero-order chi connectivity index (χ0) is 18.9. The molecule has 0 radical (unpaired) electrons. The van der Waals surface area contributed by atoms with Crippen LogP contribution in [0.2, 0.25) is 0 Å². The molecule has 1 heterocycles. The maximum atomic E-state index is 13.4. The average Bonchev–Trinajstić information content (AvgIpc) is 3.24. The lowest BCUT2D eigenvalue weighted by atomic mass is 9.89. The average molecular weight is 397 g/mol. The summed E-state index contributed by atoms with van der Waals surface area (Å²) >= 11 is 0. The molecular weight excluding hydrogens is 360 g/mol. The van der Waals surface area contributed by atoms with Gasteiger partial charge in [-0.15, -0.1) is 0 Å². The van der Waals surface area contributed by atoms with E-state index in [9.17, 15) is 13.2 Å². The molecule has 1 atom stereocenters. The number of carbonyl (C=O) groups is 1. The van der Waals surface area contributed by atoms with Crippen LogP contribution >= 0.6 is 0 Å². The van der Waals surface area contributed by atoms with Crippen LogP contribution in [0.4, 0.5) is 0 Å². The summed E-state index contributed by atoms with van der Waals surface area (Å²) in [6, 6.07) is 0.779. The Bertz CT molecular complexity index is 619. The summed E-state index contributed by atoms with van der Waals surface area (Å²) in [6.45, 7) is 1.58. The predicted molar refractivity (Wildman–Crippen MR) is 107 cm³/mol. The van der Waals surface area contributed by atoms with Crippen LogP contribution in [0.25, 0.3) is 0 Å². The maximum Gasteiger partial charge on any atom is 0.237 e. The van der Waals surface area contributed by atoms with E-state index >= 15 is 0 Å². The number of carbonyl (C=O) groups excluding carboxylic acids is 1. The van der Waals surface area contributed by atoms with E-state index in [0.29, 0.717) is 19.0 Å². The van der Waals surface area contributed by atoms with Gasteiger partial charge in [-0.05, 0) is 50.9 Å². The number of sulfone groups is 1. The Morgan fingerprint density at radius 3 is 2.04 bits per heavy atom. The van der Waals surface area contributed by atoms with E-state index in [1.165, 1.54) is 57.8 Å². The van der Waals surface area contributed by atoms with Crippen LogP contribution in [-0.2, 0) is 14.6 Å². The Morgan fingerprint density at radius 2 is 1.44 bits per heavy atom. The maximum absolute atomic E-state index is 13.4. The fourth-order valence-electron chi connectivity index (χ4n) is 5.62. The molecule has 1 amide bonds. The monoisotopic (exact) mass is 396 g/mol. The Labute approximate surface area is 164 Å². The Hall–Kier alpha value is -0.620. The van der Waals surface area contributed by atoms with Gasteiger partial charge < -0.3 is 4.90 Å². The summed E-state index contributed by atoms with van der Waals surface area (Å²) in [4.78, 5) is 17.9. The predicted octanol–water partition coefficient (Wildman–Crippen LogP) is 2.99. The van der Waals surface area contributed by atoms with Crippen molar-refractivity contribution in [2.45, 2.75) is 95.2 Å².